The molecular weight excluding hydrogens is 456 g/mol. The van der Waals surface area contributed by atoms with Gasteiger partial charge in [-0.25, -0.2) is 13.4 Å². The van der Waals surface area contributed by atoms with Gasteiger partial charge in [0.15, 0.2) is 0 Å². The molecule has 1 atom stereocenters. The van der Waals surface area contributed by atoms with Crippen LogP contribution >= 0.6 is 22.9 Å². The minimum absolute atomic E-state index is 0.178. The van der Waals surface area contributed by atoms with E-state index in [9.17, 15) is 8.42 Å². The second-order valence-electron chi connectivity index (χ2n) is 6.96. The number of ether oxygens (including phenoxy) is 2. The third kappa shape index (κ3) is 5.98. The van der Waals surface area contributed by atoms with E-state index >= 15 is 0 Å². The van der Waals surface area contributed by atoms with Crippen molar-refractivity contribution in [2.75, 3.05) is 7.11 Å². The van der Waals surface area contributed by atoms with E-state index in [-0.39, 0.29) is 17.5 Å². The Morgan fingerprint density at radius 1 is 1.10 bits per heavy atom. The second-order valence-corrected chi connectivity index (χ2v) is 10.2. The molecule has 0 aliphatic rings. The molecule has 3 aromatic rings. The molecule has 2 aromatic carbocycles. The van der Waals surface area contributed by atoms with Gasteiger partial charge in [-0.1, -0.05) is 18.5 Å². The highest BCUT2D eigenvalue weighted by Gasteiger charge is 2.29. The summed E-state index contributed by atoms with van der Waals surface area (Å²) in [5.74, 6) is 1.31. The van der Waals surface area contributed by atoms with Crippen LogP contribution in [0.15, 0.2) is 58.8 Å². The maximum absolute atomic E-state index is 13.3. The molecule has 1 aromatic heterocycles. The van der Waals surface area contributed by atoms with Crippen LogP contribution in [0.5, 0.6) is 11.5 Å². The maximum atomic E-state index is 13.3. The first-order valence-electron chi connectivity index (χ1n) is 9.81. The van der Waals surface area contributed by atoms with E-state index in [0.717, 1.165) is 5.01 Å². The summed E-state index contributed by atoms with van der Waals surface area (Å²) in [6.45, 7) is 4.37. The Bertz CT molecular complexity index is 1080. The molecule has 1 unspecified atom stereocenters. The van der Waals surface area contributed by atoms with Crippen molar-refractivity contribution >= 4 is 33.0 Å². The van der Waals surface area contributed by atoms with Gasteiger partial charge in [-0.05, 0) is 61.9 Å². The number of benzene rings is 2. The summed E-state index contributed by atoms with van der Waals surface area (Å²) in [7, 11) is -2.14. The Balaban J connectivity index is 1.74. The van der Waals surface area contributed by atoms with Gasteiger partial charge < -0.3 is 9.47 Å². The SMILES string of the molecule is CCC(C)N(Cc1csc(COc2ccc(Cl)cc2)n1)S(=O)(=O)c1ccc(OC)cc1. The lowest BCUT2D eigenvalue weighted by Crippen LogP contribution is -2.37. The van der Waals surface area contributed by atoms with Gasteiger partial charge in [-0.3, -0.25) is 0 Å². The summed E-state index contributed by atoms with van der Waals surface area (Å²) in [4.78, 5) is 4.81. The fraction of sp³-hybridized carbons (Fsp3) is 0.318. The van der Waals surface area contributed by atoms with Crippen molar-refractivity contribution in [2.24, 2.45) is 0 Å². The Morgan fingerprint density at radius 2 is 1.74 bits per heavy atom. The summed E-state index contributed by atoms with van der Waals surface area (Å²) in [5, 5.41) is 3.29. The number of rotatable bonds is 10. The lowest BCUT2D eigenvalue weighted by atomic mass is 10.2. The molecule has 0 N–H and O–H groups in total. The molecular formula is C22H25ClN2O4S2. The molecule has 0 spiro atoms. The third-order valence-electron chi connectivity index (χ3n) is 4.84. The fourth-order valence-corrected chi connectivity index (χ4v) is 5.39. The number of thiazole rings is 1. The zero-order valence-electron chi connectivity index (χ0n) is 17.6. The molecule has 0 amide bonds. The van der Waals surface area contributed by atoms with Crippen molar-refractivity contribution in [1.82, 2.24) is 9.29 Å². The highest BCUT2D eigenvalue weighted by atomic mass is 35.5. The number of hydrogen-bond donors (Lipinski definition) is 0. The predicted molar refractivity (Wildman–Crippen MR) is 123 cm³/mol. The number of halogens is 1. The molecule has 0 saturated carbocycles. The molecule has 0 aliphatic heterocycles. The molecule has 31 heavy (non-hydrogen) atoms. The Labute approximate surface area is 192 Å². The average Bonchev–Trinajstić information content (AvgIpc) is 3.24. The minimum atomic E-state index is -3.69. The van der Waals surface area contributed by atoms with Crippen molar-refractivity contribution in [1.29, 1.82) is 0 Å². The maximum Gasteiger partial charge on any atom is 0.243 e. The van der Waals surface area contributed by atoms with E-state index in [1.807, 2.05) is 19.2 Å². The topological polar surface area (TPSA) is 68.7 Å². The molecule has 0 aliphatic carbocycles. The number of aromatic nitrogens is 1. The van der Waals surface area contributed by atoms with Crippen LogP contribution in [-0.4, -0.2) is 30.9 Å². The monoisotopic (exact) mass is 480 g/mol. The van der Waals surface area contributed by atoms with E-state index in [4.69, 9.17) is 21.1 Å². The van der Waals surface area contributed by atoms with E-state index in [1.54, 1.807) is 55.6 Å². The molecule has 1 heterocycles. The van der Waals surface area contributed by atoms with Crippen LogP contribution in [-0.2, 0) is 23.2 Å². The summed E-state index contributed by atoms with van der Waals surface area (Å²) in [6.07, 6.45) is 0.687. The third-order valence-corrected chi connectivity index (χ3v) is 7.94. The van der Waals surface area contributed by atoms with E-state index in [2.05, 4.69) is 4.98 Å². The van der Waals surface area contributed by atoms with Crippen molar-refractivity contribution in [3.05, 3.63) is 69.6 Å². The Kier molecular flexibility index (Phi) is 7.94. The van der Waals surface area contributed by atoms with Crippen LogP contribution in [0, 0.1) is 0 Å². The smallest absolute Gasteiger partial charge is 0.243 e. The van der Waals surface area contributed by atoms with E-state index in [1.165, 1.54) is 15.6 Å². The number of nitrogens with zero attached hydrogens (tertiary/aromatic N) is 2. The largest absolute Gasteiger partial charge is 0.497 e. The molecule has 9 heteroatoms. The minimum Gasteiger partial charge on any atom is -0.497 e. The van der Waals surface area contributed by atoms with Gasteiger partial charge >= 0.3 is 0 Å². The van der Waals surface area contributed by atoms with Crippen LogP contribution in [0.1, 0.15) is 31.0 Å². The first-order valence-corrected chi connectivity index (χ1v) is 12.5. The zero-order valence-corrected chi connectivity index (χ0v) is 20.0. The van der Waals surface area contributed by atoms with Gasteiger partial charge in [0.25, 0.3) is 0 Å². The normalized spacial score (nSPS) is 12.7. The van der Waals surface area contributed by atoms with Crippen LogP contribution in [0.3, 0.4) is 0 Å². The molecule has 0 bridgehead atoms. The van der Waals surface area contributed by atoms with Gasteiger partial charge in [0.1, 0.15) is 23.1 Å². The summed E-state index contributed by atoms with van der Waals surface area (Å²) < 4.78 is 39.0. The van der Waals surface area contributed by atoms with Crippen molar-refractivity contribution < 1.29 is 17.9 Å². The molecule has 6 nitrogen and oxygen atoms in total. The highest BCUT2D eigenvalue weighted by molar-refractivity contribution is 7.89. The van der Waals surface area contributed by atoms with Gasteiger partial charge in [-0.2, -0.15) is 4.31 Å². The average molecular weight is 481 g/mol. The van der Waals surface area contributed by atoms with Gasteiger partial charge in [0, 0.05) is 16.4 Å². The molecule has 0 fully saturated rings. The van der Waals surface area contributed by atoms with Crippen molar-refractivity contribution in [3.63, 3.8) is 0 Å². The summed E-state index contributed by atoms with van der Waals surface area (Å²) in [5.41, 5.74) is 0.692. The number of methoxy groups -OCH3 is 1. The highest BCUT2D eigenvalue weighted by Crippen LogP contribution is 2.25. The van der Waals surface area contributed by atoms with Crippen LogP contribution < -0.4 is 9.47 Å². The van der Waals surface area contributed by atoms with Crippen LogP contribution in [0.25, 0.3) is 0 Å². The second kappa shape index (κ2) is 10.5. The zero-order chi connectivity index (χ0) is 22.4. The molecule has 166 valence electrons. The Morgan fingerprint density at radius 3 is 2.35 bits per heavy atom. The van der Waals surface area contributed by atoms with E-state index in [0.29, 0.717) is 35.2 Å². The molecule has 0 radical (unpaired) electrons. The Hall–Kier alpha value is -2.13. The lowest BCUT2D eigenvalue weighted by molar-refractivity contribution is 0.302. The lowest BCUT2D eigenvalue weighted by Gasteiger charge is -2.27. The molecule has 0 saturated heterocycles. The first kappa shape index (κ1) is 23.5. The van der Waals surface area contributed by atoms with Gasteiger partial charge in [-0.15, -0.1) is 11.3 Å². The number of hydrogen-bond acceptors (Lipinski definition) is 6. The van der Waals surface area contributed by atoms with Crippen LogP contribution in [0.2, 0.25) is 5.02 Å². The van der Waals surface area contributed by atoms with Crippen LogP contribution in [0.4, 0.5) is 0 Å². The summed E-state index contributed by atoms with van der Waals surface area (Å²) >= 11 is 7.33. The van der Waals surface area contributed by atoms with E-state index < -0.39 is 10.0 Å². The predicted octanol–water partition coefficient (Wildman–Crippen LogP) is 5.37. The first-order chi connectivity index (χ1) is 14.8. The van der Waals surface area contributed by atoms with Crippen molar-refractivity contribution in [2.45, 2.75) is 44.4 Å². The van der Waals surface area contributed by atoms with Gasteiger partial charge in [0.05, 0.1) is 24.2 Å². The standard InChI is InChI=1S/C22H25ClN2O4S2/c1-4-16(2)25(31(26,27)21-11-9-19(28-3)10-12-21)13-18-15-30-22(24-18)14-29-20-7-5-17(23)6-8-20/h5-12,15-16H,4,13-14H2,1-3H3. The molecule has 3 rings (SSSR count). The van der Waals surface area contributed by atoms with Gasteiger partial charge in [0.2, 0.25) is 10.0 Å². The number of sulfonamides is 1. The quantitative estimate of drug-likeness (QED) is 0.390. The fourth-order valence-electron chi connectivity index (χ4n) is 2.89. The summed E-state index contributed by atoms with van der Waals surface area (Å²) in [6, 6.07) is 13.4. The van der Waals surface area contributed by atoms with Crippen molar-refractivity contribution in [3.8, 4) is 11.5 Å².